The van der Waals surface area contributed by atoms with Crippen molar-refractivity contribution >= 4 is 33.4 Å². The number of nitrogens with one attached hydrogen (secondary N) is 1. The largest absolute Gasteiger partial charge is 0.508 e. The lowest BCUT2D eigenvalue weighted by Crippen LogP contribution is -2.56. The Hall–Kier alpha value is -4.70. The highest BCUT2D eigenvalue weighted by Crippen LogP contribution is 2.38. The number of fused-ring (bicyclic) bond motifs is 4. The number of anilines is 1. The number of aromatic amines is 1. The van der Waals surface area contributed by atoms with Crippen molar-refractivity contribution in [1.29, 1.82) is 0 Å². The van der Waals surface area contributed by atoms with Gasteiger partial charge in [0.2, 0.25) is 5.91 Å². The van der Waals surface area contributed by atoms with Crippen molar-refractivity contribution in [2.45, 2.75) is 50.2 Å². The summed E-state index contributed by atoms with van der Waals surface area (Å²) in [4.78, 5) is 37.2. The van der Waals surface area contributed by atoms with E-state index in [-0.39, 0.29) is 23.7 Å². The standard InChI is InChI=1S/C35H37N7O3/c1-40-12-4-6-27(40)20-45-35-38-32-14-23(31-16-28(43)13-22-5-2-3-7-29(22)31)8-11-30(32)34(39-35)41-18-25-9-10-26(19-41)42(25)33(44)15-24-17-36-21-37-24/h2-3,5,7-8,11,13-14,16-17,21,25-27,43H,4,6,9-10,12,15,18-20H2,1H3,(H,36,37)/t25?,26?,27-/m0/s1. The molecule has 3 aliphatic rings. The molecule has 8 rings (SSSR count). The van der Waals surface area contributed by atoms with Crippen LogP contribution in [0.2, 0.25) is 0 Å². The Bertz CT molecular complexity index is 1860. The topological polar surface area (TPSA) is 111 Å². The number of H-pyrrole nitrogens is 1. The van der Waals surface area contributed by atoms with Gasteiger partial charge in [0.05, 0.1) is 18.3 Å². The van der Waals surface area contributed by atoms with E-state index in [9.17, 15) is 9.90 Å². The molecule has 0 spiro atoms. The maximum Gasteiger partial charge on any atom is 0.319 e. The normalized spacial score (nSPS) is 21.7. The van der Waals surface area contributed by atoms with E-state index >= 15 is 0 Å². The number of aromatic hydroxyl groups is 1. The summed E-state index contributed by atoms with van der Waals surface area (Å²) >= 11 is 0. The SMILES string of the molecule is CN1CCC[C@H]1COc1nc(N2CC3CCC(C2)N3C(=O)Cc2cnc[nH]2)c2ccc(-c3cc(O)cc4ccccc34)cc2n1. The summed E-state index contributed by atoms with van der Waals surface area (Å²) in [5, 5.41) is 13.5. The van der Waals surface area contributed by atoms with Crippen molar-refractivity contribution in [2.75, 3.05) is 38.2 Å². The van der Waals surface area contributed by atoms with E-state index in [0.717, 1.165) is 70.1 Å². The van der Waals surface area contributed by atoms with E-state index in [1.165, 1.54) is 6.42 Å². The number of carbonyl (C=O) groups excluding carboxylic acids is 1. The molecular formula is C35H37N7O3. The van der Waals surface area contributed by atoms with Crippen LogP contribution in [0.15, 0.2) is 67.1 Å². The summed E-state index contributed by atoms with van der Waals surface area (Å²) in [6.07, 6.45) is 7.90. The highest BCUT2D eigenvalue weighted by Gasteiger charge is 2.43. The van der Waals surface area contributed by atoms with E-state index in [4.69, 9.17) is 14.7 Å². The predicted octanol–water partition coefficient (Wildman–Crippen LogP) is 4.77. The summed E-state index contributed by atoms with van der Waals surface area (Å²) in [5.74, 6) is 1.22. The summed E-state index contributed by atoms with van der Waals surface area (Å²) in [7, 11) is 2.14. The molecule has 10 nitrogen and oxygen atoms in total. The zero-order valence-electron chi connectivity index (χ0n) is 25.4. The molecule has 2 unspecified atom stereocenters. The average molecular weight is 604 g/mol. The molecule has 3 aliphatic heterocycles. The molecule has 1 amide bonds. The number of hydrogen-bond donors (Lipinski definition) is 2. The number of ether oxygens (including phenoxy) is 1. The Morgan fingerprint density at radius 3 is 2.64 bits per heavy atom. The molecule has 2 bridgehead atoms. The lowest BCUT2D eigenvalue weighted by Gasteiger charge is -2.42. The minimum absolute atomic E-state index is 0.124. The molecule has 10 heteroatoms. The number of aromatic nitrogens is 4. The highest BCUT2D eigenvalue weighted by molar-refractivity contribution is 6.01. The van der Waals surface area contributed by atoms with Crippen LogP contribution in [0.3, 0.4) is 0 Å². The minimum Gasteiger partial charge on any atom is -0.508 e. The average Bonchev–Trinajstić information content (AvgIpc) is 3.78. The molecule has 0 saturated carbocycles. The van der Waals surface area contributed by atoms with E-state index in [1.807, 2.05) is 24.3 Å². The van der Waals surface area contributed by atoms with Crippen LogP contribution in [0.5, 0.6) is 11.8 Å². The fourth-order valence-electron chi connectivity index (χ4n) is 7.58. The number of imidazole rings is 1. The number of amides is 1. The Morgan fingerprint density at radius 1 is 1.02 bits per heavy atom. The molecule has 2 aromatic heterocycles. The van der Waals surface area contributed by atoms with Gasteiger partial charge in [0, 0.05) is 48.5 Å². The molecule has 45 heavy (non-hydrogen) atoms. The number of piperazine rings is 1. The first kappa shape index (κ1) is 27.8. The van der Waals surface area contributed by atoms with E-state index in [1.54, 1.807) is 18.6 Å². The number of benzene rings is 3. The summed E-state index contributed by atoms with van der Waals surface area (Å²) in [6, 6.07) is 18.9. The lowest BCUT2D eigenvalue weighted by atomic mass is 9.97. The zero-order chi connectivity index (χ0) is 30.5. The Balaban J connectivity index is 1.15. The molecule has 230 valence electrons. The minimum atomic E-state index is 0.124. The first-order valence-corrected chi connectivity index (χ1v) is 15.9. The Morgan fingerprint density at radius 2 is 1.87 bits per heavy atom. The van der Waals surface area contributed by atoms with Gasteiger partial charge in [0.15, 0.2) is 0 Å². The van der Waals surface area contributed by atoms with Gasteiger partial charge in [-0.1, -0.05) is 30.3 Å². The van der Waals surface area contributed by atoms with Crippen LogP contribution >= 0.6 is 0 Å². The molecule has 3 atom stereocenters. The van der Waals surface area contributed by atoms with Crippen LogP contribution in [-0.2, 0) is 11.2 Å². The van der Waals surface area contributed by atoms with Crippen molar-refractivity contribution in [2.24, 2.45) is 0 Å². The van der Waals surface area contributed by atoms with Gasteiger partial charge in [-0.2, -0.15) is 9.97 Å². The molecule has 3 fully saturated rings. The number of likely N-dealkylation sites (N-methyl/N-ethyl adjacent to an activating group) is 1. The second kappa shape index (κ2) is 11.3. The number of rotatable bonds is 7. The predicted molar refractivity (Wildman–Crippen MR) is 173 cm³/mol. The van der Waals surface area contributed by atoms with Gasteiger partial charge in [0.1, 0.15) is 18.2 Å². The number of phenols is 1. The molecule has 0 aliphatic carbocycles. The van der Waals surface area contributed by atoms with Crippen molar-refractivity contribution in [1.82, 2.24) is 29.7 Å². The second-order valence-electron chi connectivity index (χ2n) is 12.7. The van der Waals surface area contributed by atoms with Crippen LogP contribution in [0, 0.1) is 0 Å². The van der Waals surface area contributed by atoms with E-state index in [0.29, 0.717) is 38.2 Å². The fourth-order valence-corrected chi connectivity index (χ4v) is 7.58. The van der Waals surface area contributed by atoms with Gasteiger partial charge >= 0.3 is 6.01 Å². The van der Waals surface area contributed by atoms with Crippen LogP contribution in [0.4, 0.5) is 5.82 Å². The Labute approximate surface area is 261 Å². The third kappa shape index (κ3) is 5.22. The molecule has 2 N–H and O–H groups in total. The van der Waals surface area contributed by atoms with E-state index in [2.05, 4.69) is 56.0 Å². The fraction of sp³-hybridized carbons (Fsp3) is 0.371. The van der Waals surface area contributed by atoms with E-state index < -0.39 is 0 Å². The summed E-state index contributed by atoms with van der Waals surface area (Å²) in [5.41, 5.74) is 3.55. The number of carbonyl (C=O) groups is 1. The number of hydrogen-bond acceptors (Lipinski definition) is 8. The van der Waals surface area contributed by atoms with Gasteiger partial charge in [-0.05, 0) is 85.4 Å². The third-order valence-electron chi connectivity index (χ3n) is 9.86. The van der Waals surface area contributed by atoms with Crippen molar-refractivity contribution in [3.8, 4) is 22.9 Å². The number of nitrogens with zero attached hydrogens (tertiary/aromatic N) is 6. The first-order chi connectivity index (χ1) is 22.0. The smallest absolute Gasteiger partial charge is 0.319 e. The molecular weight excluding hydrogens is 566 g/mol. The maximum atomic E-state index is 13.4. The van der Waals surface area contributed by atoms with Crippen molar-refractivity contribution in [3.05, 3.63) is 72.8 Å². The monoisotopic (exact) mass is 603 g/mol. The molecule has 0 radical (unpaired) electrons. The third-order valence-corrected chi connectivity index (χ3v) is 9.86. The number of phenolic OH excluding ortho intramolecular Hbond substituents is 1. The lowest BCUT2D eigenvalue weighted by molar-refractivity contribution is -0.133. The maximum absolute atomic E-state index is 13.4. The number of likely N-dealkylation sites (tertiary alicyclic amines) is 1. The molecule has 3 saturated heterocycles. The van der Waals surface area contributed by atoms with Gasteiger partial charge < -0.3 is 29.5 Å². The first-order valence-electron chi connectivity index (χ1n) is 15.9. The van der Waals surface area contributed by atoms with Crippen LogP contribution in [0.25, 0.3) is 32.8 Å². The molecule has 5 heterocycles. The molecule has 5 aromatic rings. The van der Waals surface area contributed by atoms with Crippen molar-refractivity contribution in [3.63, 3.8) is 0 Å². The van der Waals surface area contributed by atoms with Crippen LogP contribution in [-0.4, -0.2) is 92.2 Å². The van der Waals surface area contributed by atoms with Crippen molar-refractivity contribution < 1.29 is 14.6 Å². The zero-order valence-corrected chi connectivity index (χ0v) is 25.4. The van der Waals surface area contributed by atoms with Gasteiger partial charge in [-0.3, -0.25) is 4.79 Å². The summed E-state index contributed by atoms with van der Waals surface area (Å²) < 4.78 is 6.32. The quantitative estimate of drug-likeness (QED) is 0.274. The van der Waals surface area contributed by atoms with Gasteiger partial charge in [0.25, 0.3) is 0 Å². The summed E-state index contributed by atoms with van der Waals surface area (Å²) in [6.45, 7) is 3.03. The van der Waals surface area contributed by atoms with Gasteiger partial charge in [-0.25, -0.2) is 4.98 Å². The van der Waals surface area contributed by atoms with Crippen LogP contribution in [0.1, 0.15) is 31.4 Å². The Kier molecular flexibility index (Phi) is 7.01. The highest BCUT2D eigenvalue weighted by atomic mass is 16.5. The van der Waals surface area contributed by atoms with Gasteiger partial charge in [-0.15, -0.1) is 0 Å². The van der Waals surface area contributed by atoms with Crippen LogP contribution < -0.4 is 9.64 Å². The molecule has 3 aromatic carbocycles. The second-order valence-corrected chi connectivity index (χ2v) is 12.7.